The highest BCUT2D eigenvalue weighted by Gasteiger charge is 2.18. The number of rotatable bonds is 5. The Morgan fingerprint density at radius 2 is 2.18 bits per heavy atom. The molecule has 0 saturated heterocycles. The molecule has 0 bridgehead atoms. The van der Waals surface area contributed by atoms with Crippen LogP contribution in [0.25, 0.3) is 0 Å². The molecule has 0 aliphatic carbocycles. The fourth-order valence-electron chi connectivity index (χ4n) is 1.32. The van der Waals surface area contributed by atoms with Crippen LogP contribution in [0.5, 0.6) is 0 Å². The Bertz CT molecular complexity index is 363. The maximum atomic E-state index is 11.7. The van der Waals surface area contributed by atoms with E-state index in [1.165, 1.54) is 0 Å². The van der Waals surface area contributed by atoms with Crippen molar-refractivity contribution >= 4 is 5.91 Å². The first-order valence-corrected chi connectivity index (χ1v) is 5.85. The van der Waals surface area contributed by atoms with Crippen molar-refractivity contribution in [3.05, 3.63) is 23.8 Å². The first-order valence-electron chi connectivity index (χ1n) is 5.85. The third-order valence-corrected chi connectivity index (χ3v) is 2.84. The third-order valence-electron chi connectivity index (χ3n) is 2.84. The van der Waals surface area contributed by atoms with Crippen molar-refractivity contribution in [1.29, 1.82) is 0 Å². The number of aromatic nitrogens is 2. The zero-order valence-electron chi connectivity index (χ0n) is 10.6. The monoisotopic (exact) mass is 236 g/mol. The van der Waals surface area contributed by atoms with E-state index in [-0.39, 0.29) is 11.8 Å². The molecule has 1 heterocycles. The summed E-state index contributed by atoms with van der Waals surface area (Å²) in [7, 11) is 0. The highest BCUT2D eigenvalue weighted by atomic mass is 16.2. The van der Waals surface area contributed by atoms with Crippen LogP contribution < -0.4 is 11.1 Å². The van der Waals surface area contributed by atoms with Crippen LogP contribution in [-0.2, 0) is 11.3 Å². The smallest absolute Gasteiger partial charge is 0.237 e. The molecule has 0 saturated carbocycles. The molecule has 94 valence electrons. The third kappa shape index (κ3) is 4.11. The second-order valence-electron chi connectivity index (χ2n) is 4.28. The average molecular weight is 236 g/mol. The number of nitrogens with one attached hydrogen (secondary N) is 1. The Balaban J connectivity index is 2.45. The molecule has 1 aromatic heterocycles. The molecule has 1 amide bonds. The molecule has 1 rings (SSSR count). The number of amides is 1. The van der Waals surface area contributed by atoms with Gasteiger partial charge in [0.15, 0.2) is 0 Å². The standard InChI is InChI=1S/C12H20N4O/c1-4-8(2)11(13)12(17)16-7-10-6-14-9(3)5-15-10/h5-6,8,11H,4,7,13H2,1-3H3,(H,16,17). The topological polar surface area (TPSA) is 80.9 Å². The summed E-state index contributed by atoms with van der Waals surface area (Å²) in [5, 5.41) is 2.77. The minimum absolute atomic E-state index is 0.137. The van der Waals surface area contributed by atoms with Crippen molar-refractivity contribution in [2.45, 2.75) is 39.8 Å². The zero-order valence-corrected chi connectivity index (χ0v) is 10.6. The fourth-order valence-corrected chi connectivity index (χ4v) is 1.32. The van der Waals surface area contributed by atoms with E-state index in [2.05, 4.69) is 15.3 Å². The van der Waals surface area contributed by atoms with Gasteiger partial charge < -0.3 is 11.1 Å². The van der Waals surface area contributed by atoms with Crippen molar-refractivity contribution in [2.24, 2.45) is 11.7 Å². The molecular formula is C12H20N4O. The van der Waals surface area contributed by atoms with Gasteiger partial charge in [0.05, 0.1) is 30.2 Å². The van der Waals surface area contributed by atoms with Crippen LogP contribution >= 0.6 is 0 Å². The number of carbonyl (C=O) groups excluding carboxylic acids is 1. The molecule has 2 atom stereocenters. The first-order chi connectivity index (χ1) is 8.04. The van der Waals surface area contributed by atoms with Crippen molar-refractivity contribution in [3.63, 3.8) is 0 Å². The molecule has 3 N–H and O–H groups in total. The van der Waals surface area contributed by atoms with E-state index >= 15 is 0 Å². The normalized spacial score (nSPS) is 14.1. The molecule has 5 heteroatoms. The molecule has 0 spiro atoms. The van der Waals surface area contributed by atoms with Crippen molar-refractivity contribution in [2.75, 3.05) is 0 Å². The Morgan fingerprint density at radius 1 is 1.47 bits per heavy atom. The molecule has 0 fully saturated rings. The van der Waals surface area contributed by atoms with Crippen molar-refractivity contribution in [3.8, 4) is 0 Å². The lowest BCUT2D eigenvalue weighted by Gasteiger charge is -2.17. The highest BCUT2D eigenvalue weighted by Crippen LogP contribution is 2.05. The number of nitrogens with two attached hydrogens (primary N) is 1. The largest absolute Gasteiger partial charge is 0.349 e. The Hall–Kier alpha value is -1.49. The second-order valence-corrected chi connectivity index (χ2v) is 4.28. The quantitative estimate of drug-likeness (QED) is 0.791. The maximum absolute atomic E-state index is 11.7. The van der Waals surface area contributed by atoms with Crippen LogP contribution in [0.15, 0.2) is 12.4 Å². The molecule has 0 radical (unpaired) electrons. The summed E-state index contributed by atoms with van der Waals surface area (Å²) in [5.74, 6) is 0.0424. The van der Waals surface area contributed by atoms with Gasteiger partial charge >= 0.3 is 0 Å². The Labute approximate surface area is 102 Å². The van der Waals surface area contributed by atoms with E-state index in [0.717, 1.165) is 17.8 Å². The van der Waals surface area contributed by atoms with Gasteiger partial charge in [0.2, 0.25) is 5.91 Å². The molecule has 1 aromatic rings. The van der Waals surface area contributed by atoms with Crippen LogP contribution in [0.4, 0.5) is 0 Å². The lowest BCUT2D eigenvalue weighted by atomic mass is 9.99. The summed E-state index contributed by atoms with van der Waals surface area (Å²) in [6.45, 7) is 6.23. The summed E-state index contributed by atoms with van der Waals surface area (Å²) in [4.78, 5) is 20.0. The predicted octanol–water partition coefficient (Wildman–Crippen LogP) is 0.775. The van der Waals surface area contributed by atoms with Crippen LogP contribution in [0, 0.1) is 12.8 Å². The van der Waals surface area contributed by atoms with E-state index in [4.69, 9.17) is 5.73 Å². The number of hydrogen-bond donors (Lipinski definition) is 2. The van der Waals surface area contributed by atoms with Crippen LogP contribution in [0.2, 0.25) is 0 Å². The minimum Gasteiger partial charge on any atom is -0.349 e. The van der Waals surface area contributed by atoms with Crippen molar-refractivity contribution < 1.29 is 4.79 Å². The van der Waals surface area contributed by atoms with Gasteiger partial charge in [-0.1, -0.05) is 20.3 Å². The summed E-state index contributed by atoms with van der Waals surface area (Å²) in [5.41, 5.74) is 7.41. The highest BCUT2D eigenvalue weighted by molar-refractivity contribution is 5.81. The SMILES string of the molecule is CCC(C)C(N)C(=O)NCc1cnc(C)cn1. The minimum atomic E-state index is -0.460. The lowest BCUT2D eigenvalue weighted by molar-refractivity contribution is -0.123. The fraction of sp³-hybridized carbons (Fsp3) is 0.583. The summed E-state index contributed by atoms with van der Waals surface area (Å²) < 4.78 is 0. The molecule has 5 nitrogen and oxygen atoms in total. The Kier molecular flexibility index (Phi) is 5.03. The lowest BCUT2D eigenvalue weighted by Crippen LogP contribution is -2.44. The van der Waals surface area contributed by atoms with Crippen LogP contribution in [-0.4, -0.2) is 21.9 Å². The van der Waals surface area contributed by atoms with Crippen LogP contribution in [0.1, 0.15) is 31.7 Å². The van der Waals surface area contributed by atoms with Crippen LogP contribution in [0.3, 0.4) is 0 Å². The van der Waals surface area contributed by atoms with Gasteiger partial charge in [-0.25, -0.2) is 0 Å². The van der Waals surface area contributed by atoms with Gasteiger partial charge in [0.25, 0.3) is 0 Å². The van der Waals surface area contributed by atoms with Gasteiger partial charge in [-0.05, 0) is 12.8 Å². The average Bonchev–Trinajstić information content (AvgIpc) is 2.35. The molecule has 0 aliphatic rings. The maximum Gasteiger partial charge on any atom is 0.237 e. The zero-order chi connectivity index (χ0) is 12.8. The van der Waals surface area contributed by atoms with Crippen molar-refractivity contribution in [1.82, 2.24) is 15.3 Å². The summed E-state index contributed by atoms with van der Waals surface area (Å²) in [6.07, 6.45) is 4.22. The van der Waals surface area contributed by atoms with Gasteiger partial charge in [0, 0.05) is 6.20 Å². The van der Waals surface area contributed by atoms with Gasteiger partial charge in [-0.3, -0.25) is 14.8 Å². The van der Waals surface area contributed by atoms with E-state index in [1.807, 2.05) is 20.8 Å². The van der Waals surface area contributed by atoms with E-state index < -0.39 is 6.04 Å². The number of nitrogens with zero attached hydrogens (tertiary/aromatic N) is 2. The second kappa shape index (κ2) is 6.30. The molecule has 0 aromatic carbocycles. The Morgan fingerprint density at radius 3 is 2.71 bits per heavy atom. The number of hydrogen-bond acceptors (Lipinski definition) is 4. The molecular weight excluding hydrogens is 216 g/mol. The van der Waals surface area contributed by atoms with Gasteiger partial charge in [-0.2, -0.15) is 0 Å². The molecule has 0 aliphatic heterocycles. The molecule has 17 heavy (non-hydrogen) atoms. The van der Waals surface area contributed by atoms with E-state index in [9.17, 15) is 4.79 Å². The van der Waals surface area contributed by atoms with Gasteiger partial charge in [-0.15, -0.1) is 0 Å². The van der Waals surface area contributed by atoms with Gasteiger partial charge in [0.1, 0.15) is 0 Å². The number of carbonyl (C=O) groups is 1. The molecule has 2 unspecified atom stereocenters. The predicted molar refractivity (Wildman–Crippen MR) is 66.0 cm³/mol. The summed E-state index contributed by atoms with van der Waals surface area (Å²) in [6, 6.07) is -0.460. The van der Waals surface area contributed by atoms with E-state index in [0.29, 0.717) is 6.54 Å². The number of aryl methyl sites for hydroxylation is 1. The van der Waals surface area contributed by atoms with E-state index in [1.54, 1.807) is 12.4 Å². The summed E-state index contributed by atoms with van der Waals surface area (Å²) >= 11 is 0. The first kappa shape index (κ1) is 13.6.